The van der Waals surface area contributed by atoms with E-state index in [0.717, 1.165) is 37.1 Å². The first kappa shape index (κ1) is 21.3. The molecule has 0 aliphatic heterocycles. The van der Waals surface area contributed by atoms with Crippen molar-refractivity contribution in [1.29, 1.82) is 0 Å². The van der Waals surface area contributed by atoms with Crippen LogP contribution in [0.15, 0.2) is 84.9 Å². The van der Waals surface area contributed by atoms with Gasteiger partial charge in [0, 0.05) is 29.0 Å². The Balaban J connectivity index is 1.72. The van der Waals surface area contributed by atoms with E-state index in [1.807, 2.05) is 60.7 Å². The van der Waals surface area contributed by atoms with Crippen molar-refractivity contribution in [3.63, 3.8) is 0 Å². The van der Waals surface area contributed by atoms with Crippen LogP contribution in [0.3, 0.4) is 0 Å². The predicted molar refractivity (Wildman–Crippen MR) is 123 cm³/mol. The molecule has 0 unspecified atom stereocenters. The van der Waals surface area contributed by atoms with Crippen LogP contribution in [0.25, 0.3) is 0 Å². The molecule has 3 aromatic carbocycles. The predicted octanol–water partition coefficient (Wildman–Crippen LogP) is 6.57. The largest absolute Gasteiger partial charge is 0.326 e. The number of unbranched alkanes of at least 4 members (excludes halogenated alkanes) is 3. The van der Waals surface area contributed by atoms with Gasteiger partial charge in [0.2, 0.25) is 5.91 Å². The summed E-state index contributed by atoms with van der Waals surface area (Å²) in [6.45, 7) is 2.15. The molecule has 2 amide bonds. The average molecular weight is 401 g/mol. The zero-order valence-electron chi connectivity index (χ0n) is 17.4. The maximum Gasteiger partial charge on any atom is 0.262 e. The molecule has 0 radical (unpaired) electrons. The van der Waals surface area contributed by atoms with Gasteiger partial charge in [-0.15, -0.1) is 0 Å². The third-order valence-corrected chi connectivity index (χ3v) is 4.90. The first-order valence-corrected chi connectivity index (χ1v) is 10.5. The number of nitrogens with zero attached hydrogens (tertiary/aromatic N) is 1. The molecule has 0 aromatic heterocycles. The number of carbonyl (C=O) groups excluding carboxylic acids is 2. The quantitative estimate of drug-likeness (QED) is 0.413. The zero-order valence-corrected chi connectivity index (χ0v) is 17.4. The summed E-state index contributed by atoms with van der Waals surface area (Å²) in [6, 6.07) is 26.3. The molecule has 1 N–H and O–H groups in total. The fourth-order valence-electron chi connectivity index (χ4n) is 3.30. The zero-order chi connectivity index (χ0) is 21.2. The summed E-state index contributed by atoms with van der Waals surface area (Å²) in [4.78, 5) is 27.1. The van der Waals surface area contributed by atoms with Crippen molar-refractivity contribution in [2.75, 3.05) is 10.2 Å². The van der Waals surface area contributed by atoms with E-state index in [4.69, 9.17) is 0 Å². The number of carbonyl (C=O) groups is 2. The fourth-order valence-corrected chi connectivity index (χ4v) is 3.30. The lowest BCUT2D eigenvalue weighted by molar-refractivity contribution is -0.116. The summed E-state index contributed by atoms with van der Waals surface area (Å²) in [5.74, 6) is -0.106. The molecule has 4 heteroatoms. The monoisotopic (exact) mass is 400 g/mol. The maximum absolute atomic E-state index is 13.3. The van der Waals surface area contributed by atoms with E-state index in [1.54, 1.807) is 29.2 Å². The third-order valence-electron chi connectivity index (χ3n) is 4.90. The van der Waals surface area contributed by atoms with Crippen LogP contribution in [0.1, 0.15) is 49.4 Å². The summed E-state index contributed by atoms with van der Waals surface area (Å²) in [6.07, 6.45) is 4.81. The molecule has 0 spiro atoms. The molecule has 3 aromatic rings. The van der Waals surface area contributed by atoms with E-state index >= 15 is 0 Å². The maximum atomic E-state index is 13.3. The summed E-state index contributed by atoms with van der Waals surface area (Å²) >= 11 is 0. The minimum Gasteiger partial charge on any atom is -0.326 e. The SMILES string of the molecule is CCCCCCC(=O)Nc1ccc(C(=O)N(c2ccccc2)c2ccccc2)cc1. The van der Waals surface area contributed by atoms with Crippen molar-refractivity contribution in [2.45, 2.75) is 39.0 Å². The van der Waals surface area contributed by atoms with E-state index in [0.29, 0.717) is 17.7 Å². The van der Waals surface area contributed by atoms with Crippen LogP contribution in [0.4, 0.5) is 17.1 Å². The fraction of sp³-hybridized carbons (Fsp3) is 0.231. The van der Waals surface area contributed by atoms with E-state index in [9.17, 15) is 9.59 Å². The van der Waals surface area contributed by atoms with Gasteiger partial charge in [-0.05, 0) is 55.0 Å². The molecule has 0 atom stereocenters. The van der Waals surface area contributed by atoms with Crippen LogP contribution in [0.2, 0.25) is 0 Å². The van der Waals surface area contributed by atoms with Crippen molar-refractivity contribution in [3.8, 4) is 0 Å². The van der Waals surface area contributed by atoms with Gasteiger partial charge in [-0.2, -0.15) is 0 Å². The van der Waals surface area contributed by atoms with Gasteiger partial charge in [-0.25, -0.2) is 0 Å². The van der Waals surface area contributed by atoms with Gasteiger partial charge in [0.25, 0.3) is 5.91 Å². The minimum atomic E-state index is -0.121. The summed E-state index contributed by atoms with van der Waals surface area (Å²) in [5.41, 5.74) is 2.87. The highest BCUT2D eigenvalue weighted by Crippen LogP contribution is 2.27. The van der Waals surface area contributed by atoms with Crippen LogP contribution in [0, 0.1) is 0 Å². The minimum absolute atomic E-state index is 0.0142. The Bertz CT molecular complexity index is 898. The molecule has 0 saturated carbocycles. The van der Waals surface area contributed by atoms with Crippen LogP contribution >= 0.6 is 0 Å². The topological polar surface area (TPSA) is 49.4 Å². The standard InChI is InChI=1S/C26H28N2O2/c1-2-3-4-11-16-25(29)27-22-19-17-21(18-20-22)26(30)28(23-12-7-5-8-13-23)24-14-9-6-10-15-24/h5-10,12-15,17-20H,2-4,11,16H2,1H3,(H,27,29). The second-order valence-electron chi connectivity index (χ2n) is 7.25. The summed E-state index contributed by atoms with van der Waals surface area (Å²) in [5, 5.41) is 2.91. The Kier molecular flexibility index (Phi) is 7.78. The molecule has 0 bridgehead atoms. The second-order valence-corrected chi connectivity index (χ2v) is 7.25. The smallest absolute Gasteiger partial charge is 0.262 e. The van der Waals surface area contributed by atoms with Gasteiger partial charge < -0.3 is 5.32 Å². The number of hydrogen-bond donors (Lipinski definition) is 1. The summed E-state index contributed by atoms with van der Waals surface area (Å²) < 4.78 is 0. The van der Waals surface area contributed by atoms with Crippen LogP contribution < -0.4 is 10.2 Å². The van der Waals surface area contributed by atoms with Gasteiger partial charge in [0.05, 0.1) is 0 Å². The Labute approximate surface area is 178 Å². The lowest BCUT2D eigenvalue weighted by Crippen LogP contribution is -2.25. The molecular weight excluding hydrogens is 372 g/mol. The average Bonchev–Trinajstić information content (AvgIpc) is 2.79. The van der Waals surface area contributed by atoms with Gasteiger partial charge >= 0.3 is 0 Å². The number of rotatable bonds is 9. The number of anilines is 3. The molecule has 4 nitrogen and oxygen atoms in total. The second kappa shape index (κ2) is 11.0. The normalized spacial score (nSPS) is 10.4. The highest BCUT2D eigenvalue weighted by atomic mass is 16.2. The van der Waals surface area contributed by atoms with Crippen molar-refractivity contribution in [2.24, 2.45) is 0 Å². The van der Waals surface area contributed by atoms with Crippen molar-refractivity contribution >= 4 is 28.9 Å². The van der Waals surface area contributed by atoms with Gasteiger partial charge in [0.1, 0.15) is 0 Å². The molecule has 0 aliphatic rings. The number of amides is 2. The highest BCUT2D eigenvalue weighted by molar-refractivity contribution is 6.11. The Morgan fingerprint density at radius 1 is 0.733 bits per heavy atom. The highest BCUT2D eigenvalue weighted by Gasteiger charge is 2.19. The molecule has 0 aliphatic carbocycles. The number of para-hydroxylation sites is 2. The Morgan fingerprint density at radius 3 is 1.83 bits per heavy atom. The first-order valence-electron chi connectivity index (χ1n) is 10.5. The van der Waals surface area contributed by atoms with Gasteiger partial charge in [-0.1, -0.05) is 62.6 Å². The van der Waals surface area contributed by atoms with Crippen molar-refractivity contribution in [1.82, 2.24) is 0 Å². The van der Waals surface area contributed by atoms with E-state index in [2.05, 4.69) is 12.2 Å². The molecule has 0 fully saturated rings. The molecule has 154 valence electrons. The van der Waals surface area contributed by atoms with E-state index in [1.165, 1.54) is 0 Å². The van der Waals surface area contributed by atoms with Crippen LogP contribution in [0.5, 0.6) is 0 Å². The molecule has 0 heterocycles. The van der Waals surface area contributed by atoms with Gasteiger partial charge in [-0.3, -0.25) is 14.5 Å². The van der Waals surface area contributed by atoms with Crippen LogP contribution in [-0.2, 0) is 4.79 Å². The Morgan fingerprint density at radius 2 is 1.30 bits per heavy atom. The summed E-state index contributed by atoms with van der Waals surface area (Å²) in [7, 11) is 0. The van der Waals surface area contributed by atoms with Crippen molar-refractivity contribution < 1.29 is 9.59 Å². The van der Waals surface area contributed by atoms with Crippen LogP contribution in [-0.4, -0.2) is 11.8 Å². The lowest BCUT2D eigenvalue weighted by Gasteiger charge is -2.23. The number of hydrogen-bond acceptors (Lipinski definition) is 2. The molecule has 30 heavy (non-hydrogen) atoms. The lowest BCUT2D eigenvalue weighted by atomic mass is 10.1. The van der Waals surface area contributed by atoms with Crippen molar-refractivity contribution in [3.05, 3.63) is 90.5 Å². The third kappa shape index (κ3) is 5.80. The molecule has 0 saturated heterocycles. The van der Waals surface area contributed by atoms with Gasteiger partial charge in [0.15, 0.2) is 0 Å². The van der Waals surface area contributed by atoms with E-state index in [-0.39, 0.29) is 11.8 Å². The van der Waals surface area contributed by atoms with E-state index < -0.39 is 0 Å². The molecule has 3 rings (SSSR count). The number of benzene rings is 3. The first-order chi connectivity index (χ1) is 14.7. The Hall–Kier alpha value is -3.40. The molecular formula is C26H28N2O2. The number of nitrogens with one attached hydrogen (secondary N) is 1.